The number of H-pyrrole nitrogens is 1. The highest BCUT2D eigenvalue weighted by atomic mass is 16.5. The first kappa shape index (κ1) is 18.1. The molecule has 150 valence electrons. The highest BCUT2D eigenvalue weighted by Crippen LogP contribution is 2.44. The van der Waals surface area contributed by atoms with Gasteiger partial charge in [-0.05, 0) is 45.1 Å². The average Bonchev–Trinajstić information content (AvgIpc) is 3.30. The van der Waals surface area contributed by atoms with E-state index in [1.54, 1.807) is 0 Å². The molecule has 2 aromatic rings. The molecule has 2 aliphatic carbocycles. The van der Waals surface area contributed by atoms with Crippen LogP contribution in [0.4, 0.5) is 0 Å². The molecule has 1 spiro atoms. The van der Waals surface area contributed by atoms with E-state index in [0.29, 0.717) is 5.92 Å². The molecule has 3 heterocycles. The second-order valence-electron chi connectivity index (χ2n) is 10.1. The van der Waals surface area contributed by atoms with E-state index in [1.165, 1.54) is 12.8 Å². The third-order valence-electron chi connectivity index (χ3n) is 6.68. The standard InChI is InChI=1S/C22H30N4O2/c1-21(2,3)20-23-18-16(19(27)24-20)7-9-22(18)8-4-10-26(13-22)12-15-11-17(28-25-15)14-5-6-14/h11,14H,4-10,12-13H2,1-3H3,(H,23,24,27). The van der Waals surface area contributed by atoms with Gasteiger partial charge in [0, 0.05) is 41.5 Å². The summed E-state index contributed by atoms with van der Waals surface area (Å²) in [4.78, 5) is 23.3. The van der Waals surface area contributed by atoms with Crippen LogP contribution in [-0.4, -0.2) is 33.1 Å². The lowest BCUT2D eigenvalue weighted by Gasteiger charge is -2.40. The van der Waals surface area contributed by atoms with Gasteiger partial charge in [-0.1, -0.05) is 25.9 Å². The predicted molar refractivity (Wildman–Crippen MR) is 107 cm³/mol. The van der Waals surface area contributed by atoms with Crippen LogP contribution in [0.1, 0.15) is 87.3 Å². The van der Waals surface area contributed by atoms with Gasteiger partial charge in [-0.2, -0.15) is 0 Å². The van der Waals surface area contributed by atoms with E-state index < -0.39 is 0 Å². The van der Waals surface area contributed by atoms with Crippen LogP contribution in [0.2, 0.25) is 0 Å². The molecule has 1 unspecified atom stereocenters. The predicted octanol–water partition coefficient (Wildman–Crippen LogP) is 3.41. The summed E-state index contributed by atoms with van der Waals surface area (Å²) in [6, 6.07) is 2.14. The van der Waals surface area contributed by atoms with Gasteiger partial charge in [0.2, 0.25) is 0 Å². The molecule has 0 aromatic carbocycles. The summed E-state index contributed by atoms with van der Waals surface area (Å²) >= 11 is 0. The normalized spacial score (nSPS) is 25.4. The van der Waals surface area contributed by atoms with Crippen LogP contribution >= 0.6 is 0 Å². The largest absolute Gasteiger partial charge is 0.361 e. The van der Waals surface area contributed by atoms with E-state index in [-0.39, 0.29) is 16.4 Å². The molecular weight excluding hydrogens is 352 g/mol. The highest BCUT2D eigenvalue weighted by Gasteiger charge is 2.45. The first-order chi connectivity index (χ1) is 13.3. The SMILES string of the molecule is CC(C)(C)c1nc2c(c(=O)[nH]1)CCC21CCCN(Cc2cc(C3CC3)on2)C1. The first-order valence-corrected chi connectivity index (χ1v) is 10.7. The fourth-order valence-corrected chi connectivity index (χ4v) is 4.96. The molecule has 3 aliphatic rings. The van der Waals surface area contributed by atoms with Crippen molar-refractivity contribution < 1.29 is 4.52 Å². The second kappa shape index (κ2) is 6.28. The molecule has 6 nitrogen and oxygen atoms in total. The van der Waals surface area contributed by atoms with Crippen molar-refractivity contribution in [3.05, 3.63) is 45.0 Å². The van der Waals surface area contributed by atoms with Crippen molar-refractivity contribution in [3.8, 4) is 0 Å². The lowest BCUT2D eigenvalue weighted by molar-refractivity contribution is 0.133. The van der Waals surface area contributed by atoms with Crippen LogP contribution in [0.15, 0.2) is 15.4 Å². The molecule has 1 saturated heterocycles. The van der Waals surface area contributed by atoms with Crippen molar-refractivity contribution in [2.75, 3.05) is 13.1 Å². The number of hydrogen-bond donors (Lipinski definition) is 1. The maximum Gasteiger partial charge on any atom is 0.254 e. The fraction of sp³-hybridized carbons (Fsp3) is 0.682. The van der Waals surface area contributed by atoms with Crippen molar-refractivity contribution in [3.63, 3.8) is 0 Å². The van der Waals surface area contributed by atoms with Gasteiger partial charge in [-0.25, -0.2) is 4.98 Å². The minimum absolute atomic E-state index is 0.00486. The molecule has 0 amide bonds. The number of hydrogen-bond acceptors (Lipinski definition) is 5. The van der Waals surface area contributed by atoms with Gasteiger partial charge in [-0.15, -0.1) is 0 Å². The number of nitrogens with one attached hydrogen (secondary N) is 1. The number of nitrogens with zero attached hydrogens (tertiary/aromatic N) is 3. The van der Waals surface area contributed by atoms with E-state index in [9.17, 15) is 4.79 Å². The van der Waals surface area contributed by atoms with Gasteiger partial charge in [-0.3, -0.25) is 9.69 Å². The zero-order valence-electron chi connectivity index (χ0n) is 17.2. The van der Waals surface area contributed by atoms with E-state index >= 15 is 0 Å². The molecule has 2 fully saturated rings. The average molecular weight is 383 g/mol. The molecule has 0 bridgehead atoms. The number of aromatic nitrogens is 3. The fourth-order valence-electron chi connectivity index (χ4n) is 4.96. The summed E-state index contributed by atoms with van der Waals surface area (Å²) in [5.74, 6) is 2.46. The van der Waals surface area contributed by atoms with Gasteiger partial charge in [0.1, 0.15) is 11.6 Å². The van der Waals surface area contributed by atoms with Crippen molar-refractivity contribution in [1.82, 2.24) is 20.0 Å². The zero-order chi connectivity index (χ0) is 19.5. The second-order valence-corrected chi connectivity index (χ2v) is 10.1. The van der Waals surface area contributed by atoms with E-state index in [0.717, 1.165) is 73.9 Å². The lowest BCUT2D eigenvalue weighted by Crippen LogP contribution is -2.45. The topological polar surface area (TPSA) is 75.0 Å². The van der Waals surface area contributed by atoms with Crippen LogP contribution in [0, 0.1) is 0 Å². The van der Waals surface area contributed by atoms with E-state index in [4.69, 9.17) is 9.51 Å². The van der Waals surface area contributed by atoms with Gasteiger partial charge in [0.25, 0.3) is 5.56 Å². The van der Waals surface area contributed by atoms with Gasteiger partial charge >= 0.3 is 0 Å². The number of aromatic amines is 1. The number of piperidine rings is 1. The molecular formula is C22H30N4O2. The zero-order valence-corrected chi connectivity index (χ0v) is 17.2. The van der Waals surface area contributed by atoms with Crippen molar-refractivity contribution in [1.29, 1.82) is 0 Å². The lowest BCUT2D eigenvalue weighted by atomic mass is 9.77. The summed E-state index contributed by atoms with van der Waals surface area (Å²) in [5, 5.41) is 4.30. The molecule has 1 aliphatic heterocycles. The Labute approximate surface area is 165 Å². The Bertz CT molecular complexity index is 950. The Hall–Kier alpha value is -1.95. The van der Waals surface area contributed by atoms with Crippen LogP contribution in [0.25, 0.3) is 0 Å². The quantitative estimate of drug-likeness (QED) is 0.880. The molecule has 1 atom stereocenters. The van der Waals surface area contributed by atoms with Crippen molar-refractivity contribution in [2.45, 2.75) is 82.6 Å². The summed E-state index contributed by atoms with van der Waals surface area (Å²) in [6.45, 7) is 9.16. The Kier molecular flexibility index (Phi) is 4.06. The number of fused-ring (bicyclic) bond motifs is 2. The van der Waals surface area contributed by atoms with Gasteiger partial charge in [0.05, 0.1) is 11.4 Å². The molecule has 0 radical (unpaired) electrons. The summed E-state index contributed by atoms with van der Waals surface area (Å²) in [5.41, 5.74) is 2.91. The first-order valence-electron chi connectivity index (χ1n) is 10.7. The van der Waals surface area contributed by atoms with Crippen LogP contribution in [0.3, 0.4) is 0 Å². The van der Waals surface area contributed by atoms with Crippen LogP contribution in [0.5, 0.6) is 0 Å². The number of likely N-dealkylation sites (tertiary alicyclic amines) is 1. The third kappa shape index (κ3) is 3.11. The smallest absolute Gasteiger partial charge is 0.254 e. The Morgan fingerprint density at radius 2 is 2.14 bits per heavy atom. The molecule has 2 aromatic heterocycles. The molecule has 1 saturated carbocycles. The van der Waals surface area contributed by atoms with Crippen LogP contribution in [-0.2, 0) is 23.8 Å². The summed E-state index contributed by atoms with van der Waals surface area (Å²) < 4.78 is 5.54. The maximum atomic E-state index is 12.7. The van der Waals surface area contributed by atoms with Crippen molar-refractivity contribution in [2.24, 2.45) is 0 Å². The summed E-state index contributed by atoms with van der Waals surface area (Å²) in [7, 11) is 0. The molecule has 28 heavy (non-hydrogen) atoms. The summed E-state index contributed by atoms with van der Waals surface area (Å²) in [6.07, 6.45) is 6.57. The van der Waals surface area contributed by atoms with E-state index in [2.05, 4.69) is 41.9 Å². The minimum Gasteiger partial charge on any atom is -0.361 e. The Balaban J connectivity index is 1.41. The van der Waals surface area contributed by atoms with Crippen LogP contribution < -0.4 is 5.56 Å². The van der Waals surface area contributed by atoms with Gasteiger partial charge < -0.3 is 9.51 Å². The Morgan fingerprint density at radius 3 is 2.89 bits per heavy atom. The van der Waals surface area contributed by atoms with Crippen molar-refractivity contribution >= 4 is 0 Å². The molecule has 6 heteroatoms. The van der Waals surface area contributed by atoms with E-state index in [1.807, 2.05) is 0 Å². The number of rotatable bonds is 3. The highest BCUT2D eigenvalue weighted by molar-refractivity contribution is 5.34. The maximum absolute atomic E-state index is 12.7. The Morgan fingerprint density at radius 1 is 1.32 bits per heavy atom. The monoisotopic (exact) mass is 382 g/mol. The third-order valence-corrected chi connectivity index (χ3v) is 6.68. The minimum atomic E-state index is -0.160. The molecule has 5 rings (SSSR count). The molecule has 1 N–H and O–H groups in total. The van der Waals surface area contributed by atoms with Gasteiger partial charge in [0.15, 0.2) is 0 Å².